The van der Waals surface area contributed by atoms with Gasteiger partial charge in [-0.05, 0) is 42.5 Å². The standard InChI is InChI=1S/C20H18ClNO6/c1-25-19(23)17-11-27-12-22(18(17)20(24)26-2)14-6-8-15(9-7-14)28-16-5-3-4-13(21)10-16/h3-10H,11-12H2,1-2H3. The van der Waals surface area contributed by atoms with E-state index in [1.165, 1.54) is 14.2 Å². The van der Waals surface area contributed by atoms with E-state index in [4.69, 9.17) is 30.5 Å². The lowest BCUT2D eigenvalue weighted by atomic mass is 10.1. The second kappa shape index (κ2) is 8.77. The first-order chi connectivity index (χ1) is 13.5. The van der Waals surface area contributed by atoms with E-state index in [1.54, 1.807) is 53.4 Å². The van der Waals surface area contributed by atoms with Gasteiger partial charge in [0.2, 0.25) is 0 Å². The quantitative estimate of drug-likeness (QED) is 0.707. The third-order valence-electron chi connectivity index (χ3n) is 4.01. The van der Waals surface area contributed by atoms with Crippen molar-refractivity contribution in [2.24, 2.45) is 0 Å². The van der Waals surface area contributed by atoms with E-state index in [1.807, 2.05) is 0 Å². The molecule has 7 nitrogen and oxygen atoms in total. The van der Waals surface area contributed by atoms with Gasteiger partial charge in [0.25, 0.3) is 0 Å². The Bertz CT molecular complexity index is 909. The first-order valence-corrected chi connectivity index (χ1v) is 8.70. The van der Waals surface area contributed by atoms with E-state index in [0.717, 1.165) is 0 Å². The van der Waals surface area contributed by atoms with Crippen LogP contribution in [0.15, 0.2) is 59.8 Å². The smallest absolute Gasteiger partial charge is 0.355 e. The number of methoxy groups -OCH3 is 2. The van der Waals surface area contributed by atoms with Crippen LogP contribution in [-0.4, -0.2) is 39.5 Å². The van der Waals surface area contributed by atoms with Crippen LogP contribution in [0, 0.1) is 0 Å². The van der Waals surface area contributed by atoms with Crippen molar-refractivity contribution in [3.63, 3.8) is 0 Å². The molecule has 1 heterocycles. The summed E-state index contributed by atoms with van der Waals surface area (Å²) >= 11 is 5.96. The van der Waals surface area contributed by atoms with E-state index in [0.29, 0.717) is 22.2 Å². The van der Waals surface area contributed by atoms with Crippen molar-refractivity contribution in [2.45, 2.75) is 0 Å². The van der Waals surface area contributed by atoms with Gasteiger partial charge in [0, 0.05) is 10.7 Å². The van der Waals surface area contributed by atoms with Crippen molar-refractivity contribution < 1.29 is 28.5 Å². The zero-order chi connectivity index (χ0) is 20.1. The largest absolute Gasteiger partial charge is 0.466 e. The minimum atomic E-state index is -0.650. The highest BCUT2D eigenvalue weighted by atomic mass is 35.5. The highest BCUT2D eigenvalue weighted by Gasteiger charge is 2.32. The van der Waals surface area contributed by atoms with Crippen molar-refractivity contribution in [2.75, 3.05) is 32.5 Å². The van der Waals surface area contributed by atoms with Gasteiger partial charge in [0.15, 0.2) is 0 Å². The Balaban J connectivity index is 1.88. The predicted molar refractivity (Wildman–Crippen MR) is 102 cm³/mol. The van der Waals surface area contributed by atoms with Gasteiger partial charge in [-0.25, -0.2) is 9.59 Å². The summed E-state index contributed by atoms with van der Waals surface area (Å²) in [5.41, 5.74) is 0.809. The van der Waals surface area contributed by atoms with Crippen LogP contribution in [0.4, 0.5) is 5.69 Å². The fourth-order valence-electron chi connectivity index (χ4n) is 2.71. The molecule has 0 fully saturated rings. The maximum absolute atomic E-state index is 12.3. The molecule has 3 rings (SSSR count). The minimum Gasteiger partial charge on any atom is -0.466 e. The second-order valence-electron chi connectivity index (χ2n) is 5.77. The minimum absolute atomic E-state index is 0.0381. The molecule has 1 aliphatic rings. The van der Waals surface area contributed by atoms with E-state index in [2.05, 4.69) is 0 Å². The molecule has 0 saturated heterocycles. The summed E-state index contributed by atoms with van der Waals surface area (Å²) in [5.74, 6) is -0.112. The zero-order valence-electron chi connectivity index (χ0n) is 15.3. The van der Waals surface area contributed by atoms with Gasteiger partial charge in [0.1, 0.15) is 23.9 Å². The molecule has 2 aromatic carbocycles. The molecule has 146 valence electrons. The number of esters is 2. The number of rotatable bonds is 5. The van der Waals surface area contributed by atoms with Crippen LogP contribution in [-0.2, 0) is 23.8 Å². The summed E-state index contributed by atoms with van der Waals surface area (Å²) in [6.07, 6.45) is 0. The third kappa shape index (κ3) is 4.27. The molecule has 0 amide bonds. The fourth-order valence-corrected chi connectivity index (χ4v) is 2.89. The van der Waals surface area contributed by atoms with Gasteiger partial charge < -0.3 is 23.8 Å². The Morgan fingerprint density at radius 1 is 1.00 bits per heavy atom. The molecule has 28 heavy (non-hydrogen) atoms. The number of benzene rings is 2. The number of ether oxygens (including phenoxy) is 4. The maximum Gasteiger partial charge on any atom is 0.355 e. The van der Waals surface area contributed by atoms with E-state index in [9.17, 15) is 9.59 Å². The Morgan fingerprint density at radius 2 is 1.71 bits per heavy atom. The van der Waals surface area contributed by atoms with Gasteiger partial charge >= 0.3 is 11.9 Å². The van der Waals surface area contributed by atoms with Crippen LogP contribution in [0.3, 0.4) is 0 Å². The lowest BCUT2D eigenvalue weighted by molar-refractivity contribution is -0.140. The predicted octanol–water partition coefficient (Wildman–Crippen LogP) is 3.53. The Hall–Kier alpha value is -3.03. The molecule has 8 heteroatoms. The fraction of sp³-hybridized carbons (Fsp3) is 0.200. The number of carbonyl (C=O) groups is 2. The van der Waals surface area contributed by atoms with Crippen LogP contribution in [0.25, 0.3) is 0 Å². The first-order valence-electron chi connectivity index (χ1n) is 8.32. The van der Waals surface area contributed by atoms with Crippen LogP contribution in [0.2, 0.25) is 5.02 Å². The summed E-state index contributed by atoms with van der Waals surface area (Å²) in [7, 11) is 2.49. The van der Waals surface area contributed by atoms with Crippen LogP contribution < -0.4 is 9.64 Å². The van der Waals surface area contributed by atoms with E-state index in [-0.39, 0.29) is 24.6 Å². The number of halogens is 1. The summed E-state index contributed by atoms with van der Waals surface area (Å²) in [6.45, 7) is 0.0446. The van der Waals surface area contributed by atoms with Gasteiger partial charge in [-0.3, -0.25) is 0 Å². The molecule has 0 bridgehead atoms. The average Bonchev–Trinajstić information content (AvgIpc) is 2.72. The normalized spacial score (nSPS) is 13.9. The summed E-state index contributed by atoms with van der Waals surface area (Å²) in [4.78, 5) is 25.9. The molecule has 0 saturated carbocycles. The number of hydrogen-bond acceptors (Lipinski definition) is 7. The lowest BCUT2D eigenvalue weighted by Crippen LogP contribution is -2.38. The molecule has 0 unspecified atom stereocenters. The molecule has 0 spiro atoms. The molecule has 0 aromatic heterocycles. The molecule has 0 radical (unpaired) electrons. The average molecular weight is 404 g/mol. The molecule has 0 N–H and O–H groups in total. The third-order valence-corrected chi connectivity index (χ3v) is 4.25. The summed E-state index contributed by atoms with van der Waals surface area (Å²) in [6, 6.07) is 14.0. The molecular formula is C20H18ClNO6. The van der Waals surface area contributed by atoms with Crippen molar-refractivity contribution >= 4 is 29.2 Å². The van der Waals surface area contributed by atoms with E-state index < -0.39 is 11.9 Å². The number of anilines is 1. The second-order valence-corrected chi connectivity index (χ2v) is 6.21. The highest BCUT2D eigenvalue weighted by Crippen LogP contribution is 2.30. The van der Waals surface area contributed by atoms with Gasteiger partial charge in [-0.15, -0.1) is 0 Å². The molecule has 0 atom stereocenters. The lowest BCUT2D eigenvalue weighted by Gasteiger charge is -2.31. The first kappa shape index (κ1) is 19.7. The van der Waals surface area contributed by atoms with E-state index >= 15 is 0 Å². The number of nitrogens with zero attached hydrogens (tertiary/aromatic N) is 1. The van der Waals surface area contributed by atoms with Gasteiger partial charge in [-0.1, -0.05) is 17.7 Å². The zero-order valence-corrected chi connectivity index (χ0v) is 16.1. The van der Waals surface area contributed by atoms with Crippen molar-refractivity contribution in [1.29, 1.82) is 0 Å². The van der Waals surface area contributed by atoms with Crippen molar-refractivity contribution in [1.82, 2.24) is 0 Å². The Labute approximate surface area is 167 Å². The van der Waals surface area contributed by atoms with Crippen LogP contribution in [0.1, 0.15) is 0 Å². The maximum atomic E-state index is 12.3. The Kier molecular flexibility index (Phi) is 6.18. The van der Waals surface area contributed by atoms with Gasteiger partial charge in [-0.2, -0.15) is 0 Å². The van der Waals surface area contributed by atoms with Crippen molar-refractivity contribution in [3.8, 4) is 11.5 Å². The SMILES string of the molecule is COC(=O)C1=C(C(=O)OC)N(c2ccc(Oc3cccc(Cl)c3)cc2)COC1. The molecular weight excluding hydrogens is 386 g/mol. The highest BCUT2D eigenvalue weighted by molar-refractivity contribution is 6.30. The molecule has 1 aliphatic heterocycles. The number of hydrogen-bond donors (Lipinski definition) is 0. The van der Waals surface area contributed by atoms with Crippen LogP contribution in [0.5, 0.6) is 11.5 Å². The van der Waals surface area contributed by atoms with Crippen LogP contribution >= 0.6 is 11.6 Å². The molecule has 2 aromatic rings. The Morgan fingerprint density at radius 3 is 2.36 bits per heavy atom. The topological polar surface area (TPSA) is 74.3 Å². The monoisotopic (exact) mass is 403 g/mol. The summed E-state index contributed by atoms with van der Waals surface area (Å²) < 4.78 is 20.8. The summed E-state index contributed by atoms with van der Waals surface area (Å²) in [5, 5.41) is 0.572. The molecule has 0 aliphatic carbocycles. The van der Waals surface area contributed by atoms with Gasteiger partial charge in [0.05, 0.1) is 26.4 Å². The van der Waals surface area contributed by atoms with Crippen molar-refractivity contribution in [3.05, 3.63) is 64.8 Å². The number of carbonyl (C=O) groups excluding carboxylic acids is 2.